The Morgan fingerprint density at radius 3 is 1.38 bits per heavy atom. The van der Waals surface area contributed by atoms with Crippen LogP contribution in [0.3, 0.4) is 0 Å². The Kier molecular flexibility index (Phi) is 3.91. The van der Waals surface area contributed by atoms with Gasteiger partial charge >= 0.3 is 0 Å². The van der Waals surface area contributed by atoms with Crippen LogP contribution in [0.15, 0.2) is 0 Å². The molecule has 0 amide bonds. The zero-order valence-corrected chi connectivity index (χ0v) is 10.9. The van der Waals surface area contributed by atoms with E-state index in [4.69, 9.17) is 11.5 Å². The van der Waals surface area contributed by atoms with E-state index in [1.54, 1.807) is 0 Å². The topological polar surface area (TPSA) is 52.0 Å². The summed E-state index contributed by atoms with van der Waals surface area (Å²) >= 11 is 0. The highest BCUT2D eigenvalue weighted by Gasteiger charge is 2.34. The highest BCUT2D eigenvalue weighted by Crippen LogP contribution is 2.41. The number of hydrogen-bond acceptors (Lipinski definition) is 2. The Morgan fingerprint density at radius 1 is 0.688 bits per heavy atom. The molecule has 2 fully saturated rings. The molecule has 0 bridgehead atoms. The average Bonchev–Trinajstić information content (AvgIpc) is 2.26. The second-order valence-electron chi connectivity index (χ2n) is 6.43. The minimum Gasteiger partial charge on any atom is -0.327 e. The van der Waals surface area contributed by atoms with Crippen molar-refractivity contribution in [3.8, 4) is 0 Å². The monoisotopic (exact) mass is 224 g/mol. The van der Waals surface area contributed by atoms with Gasteiger partial charge in [0.2, 0.25) is 0 Å². The minimum absolute atomic E-state index is 0.458. The maximum Gasteiger partial charge on any atom is 0.00647 e. The molecule has 6 unspecified atom stereocenters. The van der Waals surface area contributed by atoms with E-state index in [9.17, 15) is 0 Å². The van der Waals surface area contributed by atoms with Crippen LogP contribution in [0.25, 0.3) is 0 Å². The fourth-order valence-corrected chi connectivity index (χ4v) is 3.78. The van der Waals surface area contributed by atoms with E-state index >= 15 is 0 Å². The summed E-state index contributed by atoms with van der Waals surface area (Å²) in [5, 5.41) is 0. The lowest BCUT2D eigenvalue weighted by molar-refractivity contribution is 0.123. The number of hydrogen-bond donors (Lipinski definition) is 2. The molecule has 16 heavy (non-hydrogen) atoms. The van der Waals surface area contributed by atoms with Gasteiger partial charge in [0, 0.05) is 12.1 Å². The predicted molar refractivity (Wildman–Crippen MR) is 69.0 cm³/mol. The average molecular weight is 224 g/mol. The van der Waals surface area contributed by atoms with Gasteiger partial charge in [-0.3, -0.25) is 0 Å². The summed E-state index contributed by atoms with van der Waals surface area (Å²) in [6.45, 7) is 4.66. The Balaban J connectivity index is 1.88. The molecule has 2 nitrogen and oxygen atoms in total. The highest BCUT2D eigenvalue weighted by atomic mass is 14.7. The van der Waals surface area contributed by atoms with Gasteiger partial charge in [-0.05, 0) is 62.2 Å². The fraction of sp³-hybridized carbons (Fsp3) is 1.00. The molecule has 2 heteroatoms. The van der Waals surface area contributed by atoms with E-state index in [1.807, 2.05) is 0 Å². The van der Waals surface area contributed by atoms with Gasteiger partial charge in [0.15, 0.2) is 0 Å². The summed E-state index contributed by atoms with van der Waals surface area (Å²) < 4.78 is 0. The van der Waals surface area contributed by atoms with Crippen LogP contribution in [-0.4, -0.2) is 12.1 Å². The molecule has 0 aromatic heterocycles. The molecule has 6 atom stereocenters. The predicted octanol–water partition coefficient (Wildman–Crippen LogP) is 2.51. The van der Waals surface area contributed by atoms with Crippen LogP contribution in [0.5, 0.6) is 0 Å². The molecule has 2 saturated carbocycles. The summed E-state index contributed by atoms with van der Waals surface area (Å²) in [6, 6.07) is 0.916. The zero-order valence-electron chi connectivity index (χ0n) is 10.9. The summed E-state index contributed by atoms with van der Waals surface area (Å²) in [6.07, 6.45) is 7.91. The van der Waals surface area contributed by atoms with Crippen LogP contribution >= 0.6 is 0 Å². The van der Waals surface area contributed by atoms with Crippen molar-refractivity contribution in [2.45, 2.75) is 64.5 Å². The fourth-order valence-electron chi connectivity index (χ4n) is 3.78. The summed E-state index contributed by atoms with van der Waals surface area (Å²) in [5.74, 6) is 3.32. The number of nitrogens with two attached hydrogens (primary N) is 2. The molecular formula is C14H28N2. The van der Waals surface area contributed by atoms with Gasteiger partial charge < -0.3 is 11.5 Å². The first-order valence-electron chi connectivity index (χ1n) is 7.09. The molecule has 0 heterocycles. The van der Waals surface area contributed by atoms with E-state index in [2.05, 4.69) is 13.8 Å². The van der Waals surface area contributed by atoms with Gasteiger partial charge in [0.05, 0.1) is 0 Å². The second kappa shape index (κ2) is 5.05. The molecular weight excluding hydrogens is 196 g/mol. The van der Waals surface area contributed by atoms with Crippen molar-refractivity contribution in [2.24, 2.45) is 35.1 Å². The first kappa shape index (κ1) is 12.4. The van der Waals surface area contributed by atoms with Crippen molar-refractivity contribution < 1.29 is 0 Å². The van der Waals surface area contributed by atoms with Gasteiger partial charge in [0.1, 0.15) is 0 Å². The van der Waals surface area contributed by atoms with E-state index in [0.717, 1.165) is 23.7 Å². The molecule has 4 N–H and O–H groups in total. The van der Waals surface area contributed by atoms with Crippen LogP contribution in [0.2, 0.25) is 0 Å². The van der Waals surface area contributed by atoms with Gasteiger partial charge in [0.25, 0.3) is 0 Å². The Hall–Kier alpha value is -0.0800. The molecule has 0 spiro atoms. The lowest BCUT2D eigenvalue weighted by Gasteiger charge is -2.41. The van der Waals surface area contributed by atoms with E-state index in [-0.39, 0.29) is 0 Å². The first-order valence-corrected chi connectivity index (χ1v) is 7.09. The molecule has 0 aromatic rings. The zero-order chi connectivity index (χ0) is 11.7. The largest absolute Gasteiger partial charge is 0.327 e. The SMILES string of the molecule is CC1CC(C2CCC(N)C(C)C2)CCC1N. The van der Waals surface area contributed by atoms with Crippen molar-refractivity contribution in [2.75, 3.05) is 0 Å². The van der Waals surface area contributed by atoms with Gasteiger partial charge in [-0.15, -0.1) is 0 Å². The van der Waals surface area contributed by atoms with Crippen LogP contribution in [0, 0.1) is 23.7 Å². The first-order chi connectivity index (χ1) is 7.58. The van der Waals surface area contributed by atoms with E-state index < -0.39 is 0 Å². The van der Waals surface area contributed by atoms with Crippen LogP contribution in [-0.2, 0) is 0 Å². The van der Waals surface area contributed by atoms with Crippen LogP contribution in [0.1, 0.15) is 52.4 Å². The minimum atomic E-state index is 0.458. The van der Waals surface area contributed by atoms with Gasteiger partial charge in [-0.1, -0.05) is 13.8 Å². The number of rotatable bonds is 1. The Bertz CT molecular complexity index is 205. The molecule has 0 saturated heterocycles. The van der Waals surface area contributed by atoms with Crippen molar-refractivity contribution in [1.29, 1.82) is 0 Å². The standard InChI is InChI=1S/C14H28N2/c1-9-7-11(3-5-13(9)15)12-4-6-14(16)10(2)8-12/h9-14H,3-8,15-16H2,1-2H3. The Labute approximate surface area is 100 Å². The molecule has 94 valence electrons. The van der Waals surface area contributed by atoms with Gasteiger partial charge in [-0.2, -0.15) is 0 Å². The van der Waals surface area contributed by atoms with Crippen LogP contribution in [0.4, 0.5) is 0 Å². The van der Waals surface area contributed by atoms with E-state index in [0.29, 0.717) is 12.1 Å². The van der Waals surface area contributed by atoms with Crippen molar-refractivity contribution in [1.82, 2.24) is 0 Å². The third-order valence-corrected chi connectivity index (χ3v) is 5.22. The molecule has 2 aliphatic rings. The Morgan fingerprint density at radius 2 is 1.06 bits per heavy atom. The highest BCUT2D eigenvalue weighted by molar-refractivity contribution is 4.88. The maximum absolute atomic E-state index is 6.10. The smallest absolute Gasteiger partial charge is 0.00647 e. The van der Waals surface area contributed by atoms with Crippen LogP contribution < -0.4 is 11.5 Å². The lowest BCUT2D eigenvalue weighted by Crippen LogP contribution is -2.40. The van der Waals surface area contributed by atoms with E-state index in [1.165, 1.54) is 38.5 Å². The molecule has 0 aliphatic heterocycles. The molecule has 0 radical (unpaired) electrons. The quantitative estimate of drug-likeness (QED) is 0.719. The molecule has 2 rings (SSSR count). The third-order valence-electron chi connectivity index (χ3n) is 5.22. The molecule has 0 aromatic carbocycles. The summed E-state index contributed by atoms with van der Waals surface area (Å²) in [5.41, 5.74) is 12.2. The van der Waals surface area contributed by atoms with Crippen molar-refractivity contribution in [3.63, 3.8) is 0 Å². The summed E-state index contributed by atoms with van der Waals surface area (Å²) in [7, 11) is 0. The summed E-state index contributed by atoms with van der Waals surface area (Å²) in [4.78, 5) is 0. The van der Waals surface area contributed by atoms with Crippen molar-refractivity contribution in [3.05, 3.63) is 0 Å². The van der Waals surface area contributed by atoms with Gasteiger partial charge in [-0.25, -0.2) is 0 Å². The third kappa shape index (κ3) is 2.60. The lowest BCUT2D eigenvalue weighted by atomic mass is 9.67. The maximum atomic E-state index is 6.10. The van der Waals surface area contributed by atoms with Crippen molar-refractivity contribution >= 4 is 0 Å². The molecule has 2 aliphatic carbocycles. The normalized spacial score (nSPS) is 50.2. The second-order valence-corrected chi connectivity index (χ2v) is 6.43.